The molecular formula is C18H28N2O2S. The van der Waals surface area contributed by atoms with Crippen molar-refractivity contribution < 1.29 is 9.53 Å². The fourth-order valence-electron chi connectivity index (χ4n) is 3.83. The van der Waals surface area contributed by atoms with E-state index < -0.39 is 0 Å². The summed E-state index contributed by atoms with van der Waals surface area (Å²) >= 11 is 1.74. The maximum atomic E-state index is 12.2. The zero-order valence-electron chi connectivity index (χ0n) is 14.2. The SMILES string of the molecule is CC(C)N1CC[C@@H]2[C@@H](CO[C@H]2CC(=O)NCCc2cccs2)C1. The second-order valence-corrected chi connectivity index (χ2v) is 8.09. The molecule has 0 saturated carbocycles. The molecule has 1 aromatic heterocycles. The third-order valence-corrected chi connectivity index (χ3v) is 6.15. The summed E-state index contributed by atoms with van der Waals surface area (Å²) in [5.41, 5.74) is 0. The van der Waals surface area contributed by atoms with Crippen LogP contribution >= 0.6 is 11.3 Å². The number of piperidine rings is 1. The largest absolute Gasteiger partial charge is 0.377 e. The Hall–Kier alpha value is -0.910. The van der Waals surface area contributed by atoms with E-state index in [1.807, 2.05) is 0 Å². The van der Waals surface area contributed by atoms with Gasteiger partial charge in [-0.15, -0.1) is 11.3 Å². The van der Waals surface area contributed by atoms with Crippen molar-refractivity contribution in [1.82, 2.24) is 10.2 Å². The number of amides is 1. The number of carbonyl (C=O) groups is 1. The topological polar surface area (TPSA) is 41.6 Å². The number of likely N-dealkylation sites (tertiary alicyclic amines) is 1. The first kappa shape index (κ1) is 16.9. The lowest BCUT2D eigenvalue weighted by molar-refractivity contribution is -0.123. The van der Waals surface area contributed by atoms with E-state index in [4.69, 9.17) is 4.74 Å². The second-order valence-electron chi connectivity index (χ2n) is 7.06. The summed E-state index contributed by atoms with van der Waals surface area (Å²) in [6, 6.07) is 4.78. The third-order valence-electron chi connectivity index (χ3n) is 5.22. The Balaban J connectivity index is 1.41. The number of rotatable bonds is 6. The van der Waals surface area contributed by atoms with Gasteiger partial charge in [-0.2, -0.15) is 0 Å². The normalized spacial score (nSPS) is 28.0. The molecule has 4 nitrogen and oxygen atoms in total. The van der Waals surface area contributed by atoms with Crippen molar-refractivity contribution in [2.24, 2.45) is 11.8 Å². The molecule has 3 heterocycles. The van der Waals surface area contributed by atoms with Crippen LogP contribution in [0.1, 0.15) is 31.6 Å². The summed E-state index contributed by atoms with van der Waals surface area (Å²) in [7, 11) is 0. The smallest absolute Gasteiger partial charge is 0.222 e. The van der Waals surface area contributed by atoms with Crippen LogP contribution in [0.2, 0.25) is 0 Å². The van der Waals surface area contributed by atoms with E-state index in [-0.39, 0.29) is 12.0 Å². The van der Waals surface area contributed by atoms with Crippen LogP contribution in [0.25, 0.3) is 0 Å². The minimum absolute atomic E-state index is 0.121. The number of hydrogen-bond donors (Lipinski definition) is 1. The highest BCUT2D eigenvalue weighted by atomic mass is 32.1. The van der Waals surface area contributed by atoms with Gasteiger partial charge in [0, 0.05) is 29.9 Å². The summed E-state index contributed by atoms with van der Waals surface area (Å²) in [6.45, 7) is 8.32. The van der Waals surface area contributed by atoms with Crippen molar-refractivity contribution in [3.63, 3.8) is 0 Å². The summed E-state index contributed by atoms with van der Waals surface area (Å²) in [5, 5.41) is 5.12. The summed E-state index contributed by atoms with van der Waals surface area (Å²) in [5.74, 6) is 1.31. The molecule has 1 N–H and O–H groups in total. The minimum atomic E-state index is 0.121. The van der Waals surface area contributed by atoms with E-state index in [2.05, 4.69) is 41.6 Å². The Morgan fingerprint density at radius 1 is 1.52 bits per heavy atom. The van der Waals surface area contributed by atoms with Gasteiger partial charge < -0.3 is 15.0 Å². The van der Waals surface area contributed by atoms with Crippen molar-refractivity contribution in [2.45, 2.75) is 45.3 Å². The maximum absolute atomic E-state index is 12.2. The van der Waals surface area contributed by atoms with Crippen LogP contribution in [-0.2, 0) is 16.0 Å². The molecule has 1 amide bonds. The highest BCUT2D eigenvalue weighted by Gasteiger charge is 2.41. The standard InChI is InChI=1S/C18H28N2O2S/c1-13(2)20-8-6-16-14(11-20)12-22-17(16)10-18(21)19-7-5-15-4-3-9-23-15/h3-4,9,13-14,16-17H,5-8,10-12H2,1-2H3,(H,19,21)/t14-,16-,17+/m1/s1. The van der Waals surface area contributed by atoms with Gasteiger partial charge in [-0.1, -0.05) is 6.07 Å². The Bertz CT molecular complexity index is 503. The summed E-state index contributed by atoms with van der Waals surface area (Å²) in [4.78, 5) is 16.0. The molecule has 3 atom stereocenters. The van der Waals surface area contributed by atoms with Gasteiger partial charge in [0.15, 0.2) is 0 Å². The van der Waals surface area contributed by atoms with Crippen molar-refractivity contribution in [3.05, 3.63) is 22.4 Å². The average molecular weight is 337 g/mol. The maximum Gasteiger partial charge on any atom is 0.222 e. The van der Waals surface area contributed by atoms with Crippen LogP contribution in [0.3, 0.4) is 0 Å². The molecule has 23 heavy (non-hydrogen) atoms. The van der Waals surface area contributed by atoms with Crippen LogP contribution in [0.15, 0.2) is 17.5 Å². The van der Waals surface area contributed by atoms with Gasteiger partial charge in [-0.05, 0) is 50.6 Å². The Morgan fingerprint density at radius 2 is 2.39 bits per heavy atom. The molecule has 2 aliphatic heterocycles. The van der Waals surface area contributed by atoms with E-state index >= 15 is 0 Å². The highest BCUT2D eigenvalue weighted by Crippen LogP contribution is 2.36. The van der Waals surface area contributed by atoms with E-state index in [1.54, 1.807) is 11.3 Å². The first-order chi connectivity index (χ1) is 11.1. The van der Waals surface area contributed by atoms with Gasteiger partial charge in [0.1, 0.15) is 0 Å². The molecule has 2 saturated heterocycles. The number of fused-ring (bicyclic) bond motifs is 1. The van der Waals surface area contributed by atoms with E-state index in [0.29, 0.717) is 24.3 Å². The Labute approximate surface area is 143 Å². The van der Waals surface area contributed by atoms with Crippen molar-refractivity contribution >= 4 is 17.2 Å². The first-order valence-electron chi connectivity index (χ1n) is 8.78. The van der Waals surface area contributed by atoms with Crippen LogP contribution in [0, 0.1) is 11.8 Å². The molecule has 0 aromatic carbocycles. The predicted octanol–water partition coefficient (Wildman–Crippen LogP) is 2.54. The number of thiophene rings is 1. The fraction of sp³-hybridized carbons (Fsp3) is 0.722. The molecule has 5 heteroatoms. The van der Waals surface area contributed by atoms with E-state index in [1.165, 1.54) is 4.88 Å². The van der Waals surface area contributed by atoms with Crippen LogP contribution in [-0.4, -0.2) is 49.2 Å². The first-order valence-corrected chi connectivity index (χ1v) is 9.66. The van der Waals surface area contributed by atoms with Crippen LogP contribution in [0.4, 0.5) is 0 Å². The lowest BCUT2D eigenvalue weighted by Crippen LogP contribution is -2.45. The molecule has 0 unspecified atom stereocenters. The highest BCUT2D eigenvalue weighted by molar-refractivity contribution is 7.09. The van der Waals surface area contributed by atoms with E-state index in [9.17, 15) is 4.79 Å². The van der Waals surface area contributed by atoms with Gasteiger partial charge in [0.05, 0.1) is 19.1 Å². The van der Waals surface area contributed by atoms with Crippen LogP contribution in [0.5, 0.6) is 0 Å². The van der Waals surface area contributed by atoms with Gasteiger partial charge in [-0.25, -0.2) is 0 Å². The third kappa shape index (κ3) is 4.34. The quantitative estimate of drug-likeness (QED) is 0.868. The predicted molar refractivity (Wildman–Crippen MR) is 93.7 cm³/mol. The monoisotopic (exact) mass is 336 g/mol. The molecule has 0 radical (unpaired) electrons. The molecule has 0 bridgehead atoms. The summed E-state index contributed by atoms with van der Waals surface area (Å²) < 4.78 is 5.97. The zero-order valence-corrected chi connectivity index (χ0v) is 15.0. The second kappa shape index (κ2) is 7.77. The molecule has 2 fully saturated rings. The van der Waals surface area contributed by atoms with Crippen LogP contribution < -0.4 is 5.32 Å². The van der Waals surface area contributed by atoms with Crippen molar-refractivity contribution in [2.75, 3.05) is 26.2 Å². The zero-order chi connectivity index (χ0) is 16.2. The Kier molecular flexibility index (Phi) is 5.72. The molecule has 2 aliphatic rings. The summed E-state index contributed by atoms with van der Waals surface area (Å²) in [6.07, 6.45) is 2.73. The Morgan fingerprint density at radius 3 is 3.13 bits per heavy atom. The van der Waals surface area contributed by atoms with Crippen molar-refractivity contribution in [1.29, 1.82) is 0 Å². The van der Waals surface area contributed by atoms with Crippen molar-refractivity contribution in [3.8, 4) is 0 Å². The lowest BCUT2D eigenvalue weighted by Gasteiger charge is -2.37. The molecule has 0 aliphatic carbocycles. The number of carbonyl (C=O) groups excluding carboxylic acids is 1. The number of hydrogen-bond acceptors (Lipinski definition) is 4. The van der Waals surface area contributed by atoms with Gasteiger partial charge in [0.25, 0.3) is 0 Å². The molecule has 0 spiro atoms. The lowest BCUT2D eigenvalue weighted by atomic mass is 9.83. The van der Waals surface area contributed by atoms with Gasteiger partial charge >= 0.3 is 0 Å². The minimum Gasteiger partial charge on any atom is -0.377 e. The molecule has 1 aromatic rings. The number of ether oxygens (including phenoxy) is 1. The van der Waals surface area contributed by atoms with E-state index in [0.717, 1.165) is 39.1 Å². The molecule has 128 valence electrons. The molecular weight excluding hydrogens is 308 g/mol. The number of nitrogens with one attached hydrogen (secondary N) is 1. The fourth-order valence-corrected chi connectivity index (χ4v) is 4.54. The molecule has 3 rings (SSSR count). The number of nitrogens with zero attached hydrogens (tertiary/aromatic N) is 1. The van der Waals surface area contributed by atoms with Gasteiger partial charge in [0.2, 0.25) is 5.91 Å². The average Bonchev–Trinajstić information content (AvgIpc) is 3.17. The van der Waals surface area contributed by atoms with Gasteiger partial charge in [-0.3, -0.25) is 4.79 Å².